The van der Waals surface area contributed by atoms with Gasteiger partial charge in [0.25, 0.3) is 0 Å². The zero-order valence-corrected chi connectivity index (χ0v) is 11.4. The summed E-state index contributed by atoms with van der Waals surface area (Å²) in [6, 6.07) is 9.31. The molecule has 1 aromatic heterocycles. The van der Waals surface area contributed by atoms with Crippen LogP contribution in [0.3, 0.4) is 0 Å². The normalized spacial score (nSPS) is 10.1. The molecule has 1 heterocycles. The molecule has 0 spiro atoms. The van der Waals surface area contributed by atoms with Gasteiger partial charge in [0, 0.05) is 24.0 Å². The van der Waals surface area contributed by atoms with E-state index in [1.54, 1.807) is 13.0 Å². The second-order valence-corrected chi connectivity index (χ2v) is 4.31. The van der Waals surface area contributed by atoms with Gasteiger partial charge in [-0.25, -0.2) is 14.8 Å². The Balaban J connectivity index is 2.13. The first-order valence-corrected chi connectivity index (χ1v) is 6.11. The number of carbonyl (C=O) groups is 1. The van der Waals surface area contributed by atoms with Gasteiger partial charge in [0.2, 0.25) is 5.82 Å². The van der Waals surface area contributed by atoms with E-state index in [1.807, 2.05) is 24.3 Å². The first kappa shape index (κ1) is 13.8. The van der Waals surface area contributed by atoms with Crippen LogP contribution in [0.25, 0.3) is 0 Å². The van der Waals surface area contributed by atoms with Crippen molar-refractivity contribution < 1.29 is 9.53 Å². The highest BCUT2D eigenvalue weighted by atomic mass is 16.5. The molecule has 0 fully saturated rings. The lowest BCUT2D eigenvalue weighted by Gasteiger charge is -2.08. The zero-order chi connectivity index (χ0) is 14.5. The molecule has 0 unspecified atom stereocenters. The van der Waals surface area contributed by atoms with E-state index >= 15 is 0 Å². The van der Waals surface area contributed by atoms with Crippen molar-refractivity contribution in [2.24, 2.45) is 0 Å². The highest BCUT2D eigenvalue weighted by molar-refractivity contribution is 5.85. The summed E-state index contributed by atoms with van der Waals surface area (Å²) >= 11 is 0. The van der Waals surface area contributed by atoms with Crippen LogP contribution in [0.1, 0.15) is 21.9 Å². The molecule has 0 bridgehead atoms. The Morgan fingerprint density at radius 2 is 2.15 bits per heavy atom. The van der Waals surface area contributed by atoms with Gasteiger partial charge in [-0.3, -0.25) is 0 Å². The van der Waals surface area contributed by atoms with Gasteiger partial charge in [0.15, 0.2) is 0 Å². The van der Waals surface area contributed by atoms with Crippen LogP contribution in [0.2, 0.25) is 0 Å². The summed E-state index contributed by atoms with van der Waals surface area (Å²) in [7, 11) is 1.30. The Hall–Kier alpha value is -2.63. The van der Waals surface area contributed by atoms with Gasteiger partial charge in [-0.1, -0.05) is 12.1 Å². The Kier molecular flexibility index (Phi) is 4.14. The van der Waals surface area contributed by atoms with E-state index in [1.165, 1.54) is 7.11 Å². The van der Waals surface area contributed by atoms with Gasteiger partial charge < -0.3 is 15.8 Å². The van der Waals surface area contributed by atoms with Gasteiger partial charge in [-0.05, 0) is 24.6 Å². The van der Waals surface area contributed by atoms with Gasteiger partial charge in [-0.2, -0.15) is 0 Å². The van der Waals surface area contributed by atoms with Crippen LogP contribution in [0.4, 0.5) is 11.5 Å². The summed E-state index contributed by atoms with van der Waals surface area (Å²) in [6.45, 7) is 2.35. The number of esters is 1. The summed E-state index contributed by atoms with van der Waals surface area (Å²) in [5, 5.41) is 3.13. The number of anilines is 2. The molecule has 2 rings (SSSR count). The second-order valence-electron chi connectivity index (χ2n) is 4.31. The monoisotopic (exact) mass is 272 g/mol. The van der Waals surface area contributed by atoms with Gasteiger partial charge in [-0.15, -0.1) is 0 Å². The molecule has 20 heavy (non-hydrogen) atoms. The van der Waals surface area contributed by atoms with E-state index in [0.717, 1.165) is 5.56 Å². The van der Waals surface area contributed by atoms with Crippen molar-refractivity contribution in [3.63, 3.8) is 0 Å². The summed E-state index contributed by atoms with van der Waals surface area (Å²) in [5.74, 6) is 0.0589. The molecule has 3 N–H and O–H groups in total. The minimum atomic E-state index is -0.555. The number of hydrogen-bond donors (Lipinski definition) is 2. The van der Waals surface area contributed by atoms with Crippen molar-refractivity contribution in [1.29, 1.82) is 0 Å². The number of nitrogens with zero attached hydrogens (tertiary/aromatic N) is 2. The van der Waals surface area contributed by atoms with Crippen LogP contribution in [0, 0.1) is 6.92 Å². The average Bonchev–Trinajstić information content (AvgIpc) is 2.44. The van der Waals surface area contributed by atoms with E-state index < -0.39 is 5.97 Å². The second kappa shape index (κ2) is 6.01. The van der Waals surface area contributed by atoms with E-state index in [9.17, 15) is 4.79 Å². The minimum Gasteiger partial charge on any atom is -0.463 e. The summed E-state index contributed by atoms with van der Waals surface area (Å²) in [6.07, 6.45) is 0. The van der Waals surface area contributed by atoms with Crippen LogP contribution in [-0.2, 0) is 11.3 Å². The first-order valence-electron chi connectivity index (χ1n) is 6.11. The number of nitrogens with one attached hydrogen (secondary N) is 1. The highest BCUT2D eigenvalue weighted by Gasteiger charge is 2.11. The number of nitrogens with two attached hydrogens (primary N) is 1. The van der Waals surface area contributed by atoms with Crippen molar-refractivity contribution in [2.75, 3.05) is 18.2 Å². The molecule has 0 aliphatic heterocycles. The smallest absolute Gasteiger partial charge is 0.376 e. The summed E-state index contributed by atoms with van der Waals surface area (Å²) in [4.78, 5) is 19.6. The van der Waals surface area contributed by atoms with E-state index in [0.29, 0.717) is 23.7 Å². The lowest BCUT2D eigenvalue weighted by atomic mass is 10.2. The van der Waals surface area contributed by atoms with E-state index in [2.05, 4.69) is 20.0 Å². The molecular formula is C14H16N4O2. The lowest BCUT2D eigenvalue weighted by molar-refractivity contribution is 0.0586. The molecule has 104 valence electrons. The third-order valence-corrected chi connectivity index (χ3v) is 2.65. The molecular weight excluding hydrogens is 256 g/mol. The number of aromatic nitrogens is 2. The first-order chi connectivity index (χ1) is 9.58. The van der Waals surface area contributed by atoms with Crippen molar-refractivity contribution in [3.05, 3.63) is 47.4 Å². The minimum absolute atomic E-state index is 0.0441. The number of carbonyl (C=O) groups excluding carboxylic acids is 1. The van der Waals surface area contributed by atoms with Crippen molar-refractivity contribution in [2.45, 2.75) is 13.5 Å². The summed E-state index contributed by atoms with van der Waals surface area (Å²) < 4.78 is 4.62. The predicted octanol–water partition coefficient (Wildman–Crippen LogP) is 1.77. The molecule has 6 nitrogen and oxygen atoms in total. The van der Waals surface area contributed by atoms with Crippen LogP contribution in [0.15, 0.2) is 30.3 Å². The van der Waals surface area contributed by atoms with Gasteiger partial charge in [0.05, 0.1) is 7.11 Å². The largest absolute Gasteiger partial charge is 0.463 e. The molecule has 1 aromatic carbocycles. The van der Waals surface area contributed by atoms with Crippen LogP contribution in [-0.4, -0.2) is 23.0 Å². The topological polar surface area (TPSA) is 90.1 Å². The fraction of sp³-hybridized carbons (Fsp3) is 0.214. The standard InChI is InChI=1S/C14H16N4O2/c1-9-6-12(18-13(17-9)14(19)20-2)16-8-10-4-3-5-11(15)7-10/h3-7H,8,15H2,1-2H3,(H,16,17,18). The van der Waals surface area contributed by atoms with Crippen LogP contribution in [0.5, 0.6) is 0 Å². The molecule has 0 saturated carbocycles. The SMILES string of the molecule is COC(=O)c1nc(C)cc(NCc2cccc(N)c2)n1. The number of hydrogen-bond acceptors (Lipinski definition) is 6. The number of aryl methyl sites for hydroxylation is 1. The Bertz CT molecular complexity index is 628. The number of benzene rings is 1. The van der Waals surface area contributed by atoms with E-state index in [4.69, 9.17) is 5.73 Å². The molecule has 0 aliphatic carbocycles. The number of nitrogen functional groups attached to an aromatic ring is 1. The molecule has 0 radical (unpaired) electrons. The summed E-state index contributed by atoms with van der Waals surface area (Å²) in [5.41, 5.74) is 8.14. The van der Waals surface area contributed by atoms with Crippen molar-refractivity contribution >= 4 is 17.5 Å². The van der Waals surface area contributed by atoms with Crippen LogP contribution >= 0.6 is 0 Å². The molecule has 0 aliphatic rings. The Morgan fingerprint density at radius 1 is 1.35 bits per heavy atom. The average molecular weight is 272 g/mol. The third kappa shape index (κ3) is 3.44. The molecule has 0 saturated heterocycles. The van der Waals surface area contributed by atoms with Gasteiger partial charge >= 0.3 is 5.97 Å². The van der Waals surface area contributed by atoms with Crippen molar-refractivity contribution in [3.8, 4) is 0 Å². The maximum Gasteiger partial charge on any atom is 0.376 e. The predicted molar refractivity (Wildman–Crippen MR) is 76.3 cm³/mol. The molecule has 0 atom stereocenters. The fourth-order valence-electron chi connectivity index (χ4n) is 1.74. The van der Waals surface area contributed by atoms with E-state index in [-0.39, 0.29) is 5.82 Å². The van der Waals surface area contributed by atoms with Gasteiger partial charge in [0.1, 0.15) is 5.82 Å². The fourth-order valence-corrected chi connectivity index (χ4v) is 1.74. The maximum absolute atomic E-state index is 11.4. The quantitative estimate of drug-likeness (QED) is 0.651. The highest BCUT2D eigenvalue weighted by Crippen LogP contribution is 2.11. The number of rotatable bonds is 4. The zero-order valence-electron chi connectivity index (χ0n) is 11.4. The Labute approximate surface area is 117 Å². The molecule has 0 amide bonds. The number of methoxy groups -OCH3 is 1. The maximum atomic E-state index is 11.4. The lowest BCUT2D eigenvalue weighted by Crippen LogP contribution is -2.11. The Morgan fingerprint density at radius 3 is 2.85 bits per heavy atom. The van der Waals surface area contributed by atoms with Crippen molar-refractivity contribution in [1.82, 2.24) is 9.97 Å². The molecule has 2 aromatic rings. The number of ether oxygens (including phenoxy) is 1. The molecule has 6 heteroatoms. The third-order valence-electron chi connectivity index (χ3n) is 2.65. The van der Waals surface area contributed by atoms with Crippen LogP contribution < -0.4 is 11.1 Å².